The van der Waals surface area contributed by atoms with Crippen LogP contribution in [0, 0.1) is 0 Å². The summed E-state index contributed by atoms with van der Waals surface area (Å²) in [6.07, 6.45) is 1.49. The minimum Gasteiger partial charge on any atom is -0.445 e. The van der Waals surface area contributed by atoms with Crippen molar-refractivity contribution in [1.82, 2.24) is 5.32 Å². The van der Waals surface area contributed by atoms with E-state index in [-0.39, 0.29) is 13.2 Å². The molecular weight excluding hydrogens is 234 g/mol. The molecule has 1 aromatic rings. The van der Waals surface area contributed by atoms with Crippen molar-refractivity contribution < 1.29 is 19.4 Å². The number of amides is 1. The number of ether oxygens (including phenoxy) is 1. The van der Waals surface area contributed by atoms with E-state index in [1.54, 1.807) is 0 Å². The maximum Gasteiger partial charge on any atom is 0.407 e. The first-order valence-electron chi connectivity index (χ1n) is 5.47. The van der Waals surface area contributed by atoms with Crippen LogP contribution in [0.3, 0.4) is 0 Å². The fraction of sp³-hybridized carbons (Fsp3) is 0.231. The summed E-state index contributed by atoms with van der Waals surface area (Å²) in [6, 6.07) is 9.26. The summed E-state index contributed by atoms with van der Waals surface area (Å²) in [7, 11) is 0. The normalized spacial score (nSPS) is 12.1. The van der Waals surface area contributed by atoms with Crippen LogP contribution in [-0.2, 0) is 16.1 Å². The maximum atomic E-state index is 11.3. The number of alkyl carbamates (subject to hydrolysis) is 1. The highest BCUT2D eigenvalue weighted by atomic mass is 16.5. The van der Waals surface area contributed by atoms with Crippen molar-refractivity contribution in [1.29, 1.82) is 0 Å². The molecule has 1 atom stereocenters. The zero-order valence-corrected chi connectivity index (χ0v) is 9.78. The molecule has 1 rings (SSSR count). The van der Waals surface area contributed by atoms with Gasteiger partial charge in [-0.1, -0.05) is 36.4 Å². The van der Waals surface area contributed by atoms with E-state index in [4.69, 9.17) is 4.74 Å². The summed E-state index contributed by atoms with van der Waals surface area (Å²) in [5, 5.41) is 11.7. The molecule has 0 radical (unpaired) electrons. The molecule has 2 N–H and O–H groups in total. The molecule has 5 nitrogen and oxygen atoms in total. The van der Waals surface area contributed by atoms with Crippen LogP contribution in [-0.4, -0.2) is 30.1 Å². The Bertz CT molecular complexity index is 403. The fourth-order valence-corrected chi connectivity index (χ4v) is 1.20. The van der Waals surface area contributed by atoms with Crippen LogP contribution < -0.4 is 5.32 Å². The lowest BCUT2D eigenvalue weighted by molar-refractivity contribution is -0.104. The second-order valence-corrected chi connectivity index (χ2v) is 3.53. The largest absolute Gasteiger partial charge is 0.445 e. The van der Waals surface area contributed by atoms with Gasteiger partial charge in [-0.15, -0.1) is 0 Å². The van der Waals surface area contributed by atoms with Gasteiger partial charge >= 0.3 is 6.09 Å². The van der Waals surface area contributed by atoms with E-state index in [1.165, 1.54) is 12.2 Å². The Labute approximate surface area is 105 Å². The van der Waals surface area contributed by atoms with Crippen molar-refractivity contribution in [3.8, 4) is 0 Å². The lowest BCUT2D eigenvalue weighted by Gasteiger charge is -2.08. The van der Waals surface area contributed by atoms with Crippen molar-refractivity contribution in [3.05, 3.63) is 48.0 Å². The average molecular weight is 249 g/mol. The van der Waals surface area contributed by atoms with Gasteiger partial charge in [-0.25, -0.2) is 4.79 Å². The zero-order chi connectivity index (χ0) is 13.2. The van der Waals surface area contributed by atoms with Crippen molar-refractivity contribution in [2.24, 2.45) is 0 Å². The Balaban J connectivity index is 2.22. The van der Waals surface area contributed by atoms with E-state index in [2.05, 4.69) is 5.32 Å². The van der Waals surface area contributed by atoms with Crippen LogP contribution in [0.5, 0.6) is 0 Å². The number of hydrogen-bond acceptors (Lipinski definition) is 4. The van der Waals surface area contributed by atoms with Gasteiger partial charge in [-0.05, 0) is 11.6 Å². The number of aldehydes is 1. The van der Waals surface area contributed by atoms with Crippen LogP contribution in [0.4, 0.5) is 4.79 Å². The molecule has 1 aromatic carbocycles. The van der Waals surface area contributed by atoms with Gasteiger partial charge in [-0.2, -0.15) is 0 Å². The third-order valence-electron chi connectivity index (χ3n) is 2.08. The van der Waals surface area contributed by atoms with Crippen LogP contribution in [0.25, 0.3) is 0 Å². The Morgan fingerprint density at radius 3 is 2.78 bits per heavy atom. The standard InChI is InChI=1S/C13H15NO4/c15-8-4-7-12(16)9-14-13(17)18-10-11-5-2-1-3-6-11/h1-8,12,16H,9-10H2,(H,14,17)/b7-4+. The quantitative estimate of drug-likeness (QED) is 0.583. The smallest absolute Gasteiger partial charge is 0.407 e. The number of hydrogen-bond donors (Lipinski definition) is 2. The zero-order valence-electron chi connectivity index (χ0n) is 9.78. The molecule has 0 heterocycles. The fourth-order valence-electron chi connectivity index (χ4n) is 1.20. The van der Waals surface area contributed by atoms with Gasteiger partial charge in [0.15, 0.2) is 0 Å². The molecule has 0 spiro atoms. The molecule has 96 valence electrons. The molecule has 0 aromatic heterocycles. The number of carbonyl (C=O) groups is 2. The summed E-state index contributed by atoms with van der Waals surface area (Å²) in [4.78, 5) is 21.3. The Hall–Kier alpha value is -2.14. The third-order valence-corrected chi connectivity index (χ3v) is 2.08. The topological polar surface area (TPSA) is 75.6 Å². The monoisotopic (exact) mass is 249 g/mol. The molecule has 0 aliphatic carbocycles. The predicted octanol–water partition coefficient (Wildman–Crippen LogP) is 1.03. The van der Waals surface area contributed by atoms with Crippen LogP contribution >= 0.6 is 0 Å². The van der Waals surface area contributed by atoms with Crippen molar-refractivity contribution in [3.63, 3.8) is 0 Å². The maximum absolute atomic E-state index is 11.3. The first-order valence-corrected chi connectivity index (χ1v) is 5.47. The number of aliphatic hydroxyl groups excluding tert-OH is 1. The second-order valence-electron chi connectivity index (χ2n) is 3.53. The van der Waals surface area contributed by atoms with Gasteiger partial charge in [0.1, 0.15) is 12.9 Å². The number of aliphatic hydroxyl groups is 1. The van der Waals surface area contributed by atoms with E-state index >= 15 is 0 Å². The first kappa shape index (κ1) is 13.9. The molecule has 0 fully saturated rings. The minimum atomic E-state index is -0.903. The molecular formula is C13H15NO4. The van der Waals surface area contributed by atoms with Crippen LogP contribution in [0.2, 0.25) is 0 Å². The molecule has 1 amide bonds. The number of carbonyl (C=O) groups excluding carboxylic acids is 2. The Kier molecular flexibility index (Phi) is 6.21. The molecule has 5 heteroatoms. The minimum absolute atomic E-state index is 0.00202. The van der Waals surface area contributed by atoms with Crippen LogP contribution in [0.15, 0.2) is 42.5 Å². The highest BCUT2D eigenvalue weighted by Gasteiger charge is 2.04. The summed E-state index contributed by atoms with van der Waals surface area (Å²) in [6.45, 7) is 0.172. The van der Waals surface area contributed by atoms with E-state index in [0.29, 0.717) is 6.29 Å². The average Bonchev–Trinajstić information content (AvgIpc) is 2.41. The third kappa shape index (κ3) is 5.81. The van der Waals surface area contributed by atoms with Crippen molar-refractivity contribution in [2.45, 2.75) is 12.7 Å². The van der Waals surface area contributed by atoms with Gasteiger partial charge in [0.25, 0.3) is 0 Å². The first-order chi connectivity index (χ1) is 8.72. The van der Waals surface area contributed by atoms with Crippen LogP contribution in [0.1, 0.15) is 5.56 Å². The van der Waals surface area contributed by atoms with E-state index < -0.39 is 12.2 Å². The van der Waals surface area contributed by atoms with E-state index in [1.807, 2.05) is 30.3 Å². The summed E-state index contributed by atoms with van der Waals surface area (Å²) >= 11 is 0. The molecule has 0 aliphatic heterocycles. The molecule has 18 heavy (non-hydrogen) atoms. The highest BCUT2D eigenvalue weighted by molar-refractivity contribution is 5.67. The van der Waals surface area contributed by atoms with E-state index in [9.17, 15) is 14.7 Å². The van der Waals surface area contributed by atoms with Gasteiger partial charge < -0.3 is 15.2 Å². The number of benzene rings is 1. The predicted molar refractivity (Wildman–Crippen MR) is 65.8 cm³/mol. The van der Waals surface area contributed by atoms with Gasteiger partial charge in [0.05, 0.1) is 12.6 Å². The molecule has 0 bridgehead atoms. The lowest BCUT2D eigenvalue weighted by Crippen LogP contribution is -2.31. The summed E-state index contributed by atoms with van der Waals surface area (Å²) < 4.78 is 4.93. The molecule has 1 unspecified atom stereocenters. The molecule has 0 saturated carbocycles. The Morgan fingerprint density at radius 2 is 2.11 bits per heavy atom. The lowest BCUT2D eigenvalue weighted by atomic mass is 10.2. The summed E-state index contributed by atoms with van der Waals surface area (Å²) in [5.41, 5.74) is 0.883. The molecule has 0 saturated heterocycles. The molecule has 0 aliphatic rings. The highest BCUT2D eigenvalue weighted by Crippen LogP contribution is 2.00. The SMILES string of the molecule is O=C/C=C/C(O)CNC(=O)OCc1ccccc1. The number of nitrogens with one attached hydrogen (secondary N) is 1. The second kappa shape index (κ2) is 8.03. The Morgan fingerprint density at radius 1 is 1.39 bits per heavy atom. The van der Waals surface area contributed by atoms with Gasteiger partial charge in [0, 0.05) is 0 Å². The van der Waals surface area contributed by atoms with Gasteiger partial charge in [0.2, 0.25) is 0 Å². The van der Waals surface area contributed by atoms with E-state index in [0.717, 1.165) is 5.56 Å². The van der Waals surface area contributed by atoms with Crippen molar-refractivity contribution in [2.75, 3.05) is 6.54 Å². The van der Waals surface area contributed by atoms with Gasteiger partial charge in [-0.3, -0.25) is 4.79 Å². The number of rotatable bonds is 6. The number of allylic oxidation sites excluding steroid dienone is 1. The van der Waals surface area contributed by atoms with Crippen molar-refractivity contribution >= 4 is 12.4 Å². The summed E-state index contributed by atoms with van der Waals surface area (Å²) in [5.74, 6) is 0.